The molecule has 5 heteroatoms. The maximum atomic E-state index is 11.0. The summed E-state index contributed by atoms with van der Waals surface area (Å²) < 4.78 is 9.63. The fraction of sp³-hybridized carbons (Fsp3) is 0.300. The molecule has 0 bridgehead atoms. The number of aryl methyl sites for hydroxylation is 1. The van der Waals surface area contributed by atoms with Crippen LogP contribution < -0.4 is 10.1 Å². The molecule has 1 aromatic rings. The molecule has 1 rings (SSSR count). The third-order valence-corrected chi connectivity index (χ3v) is 2.08. The number of amides is 1. The van der Waals surface area contributed by atoms with Crippen LogP contribution >= 0.6 is 11.6 Å². The highest BCUT2D eigenvalue weighted by molar-refractivity contribution is 6.31. The van der Waals surface area contributed by atoms with Crippen LogP contribution in [0.3, 0.4) is 0 Å². The summed E-state index contributed by atoms with van der Waals surface area (Å²) in [7, 11) is 2.82. The van der Waals surface area contributed by atoms with Crippen LogP contribution in [-0.2, 0) is 4.74 Å². The molecule has 0 saturated carbocycles. The molecule has 0 aliphatic carbocycles. The molecule has 0 unspecified atom stereocenters. The van der Waals surface area contributed by atoms with Crippen molar-refractivity contribution in [2.75, 3.05) is 19.5 Å². The van der Waals surface area contributed by atoms with Gasteiger partial charge in [-0.05, 0) is 24.6 Å². The van der Waals surface area contributed by atoms with Gasteiger partial charge in [0.25, 0.3) is 0 Å². The lowest BCUT2D eigenvalue weighted by Crippen LogP contribution is -2.12. The summed E-state index contributed by atoms with van der Waals surface area (Å²) in [4.78, 5) is 11.0. The molecule has 0 heterocycles. The average molecular weight is 230 g/mol. The third-order valence-electron chi connectivity index (χ3n) is 1.87. The van der Waals surface area contributed by atoms with Gasteiger partial charge in [-0.3, -0.25) is 5.32 Å². The summed E-state index contributed by atoms with van der Waals surface area (Å²) in [6, 6.07) is 3.35. The monoisotopic (exact) mass is 229 g/mol. The number of rotatable bonds is 2. The lowest BCUT2D eigenvalue weighted by Gasteiger charge is -2.12. The molecule has 0 aliphatic rings. The van der Waals surface area contributed by atoms with E-state index in [-0.39, 0.29) is 0 Å². The molecule has 0 aromatic heterocycles. The molecule has 1 amide bonds. The standard InChI is InChI=1S/C10H12ClNO3/c1-6-4-7(11)5-8(9(6)14-2)12-10(13)15-3/h4-5H,1-3H3,(H,12,13). The number of nitrogens with one attached hydrogen (secondary N) is 1. The van der Waals surface area contributed by atoms with Gasteiger partial charge in [0.1, 0.15) is 5.75 Å². The first kappa shape index (κ1) is 11.7. The molecule has 0 fully saturated rings. The van der Waals surface area contributed by atoms with Crippen molar-refractivity contribution in [3.05, 3.63) is 22.7 Å². The second kappa shape index (κ2) is 4.89. The molecule has 4 nitrogen and oxygen atoms in total. The Morgan fingerprint density at radius 2 is 2.07 bits per heavy atom. The van der Waals surface area contributed by atoms with Gasteiger partial charge in [-0.2, -0.15) is 0 Å². The Morgan fingerprint density at radius 1 is 1.40 bits per heavy atom. The molecule has 0 saturated heterocycles. The molecular formula is C10H12ClNO3. The summed E-state index contributed by atoms with van der Waals surface area (Å²) >= 11 is 5.86. The highest BCUT2D eigenvalue weighted by Gasteiger charge is 2.10. The number of halogens is 1. The van der Waals surface area contributed by atoms with Crippen molar-refractivity contribution >= 4 is 23.4 Å². The summed E-state index contributed by atoms with van der Waals surface area (Å²) in [5.74, 6) is 0.574. The first-order valence-electron chi connectivity index (χ1n) is 4.27. The average Bonchev–Trinajstić information content (AvgIpc) is 2.17. The van der Waals surface area contributed by atoms with Crippen LogP contribution in [0, 0.1) is 6.92 Å². The second-order valence-electron chi connectivity index (χ2n) is 2.92. The van der Waals surface area contributed by atoms with E-state index in [2.05, 4.69) is 10.1 Å². The van der Waals surface area contributed by atoms with Crippen LogP contribution in [0.2, 0.25) is 5.02 Å². The Labute approximate surface area is 93.1 Å². The molecule has 15 heavy (non-hydrogen) atoms. The van der Waals surface area contributed by atoms with E-state index in [9.17, 15) is 4.79 Å². The number of hydrogen-bond donors (Lipinski definition) is 1. The normalized spacial score (nSPS) is 9.60. The summed E-state index contributed by atoms with van der Waals surface area (Å²) in [6.07, 6.45) is -0.560. The smallest absolute Gasteiger partial charge is 0.411 e. The van der Waals surface area contributed by atoms with Gasteiger partial charge >= 0.3 is 6.09 Å². The number of anilines is 1. The topological polar surface area (TPSA) is 47.6 Å². The van der Waals surface area contributed by atoms with Crippen molar-refractivity contribution in [3.63, 3.8) is 0 Å². The van der Waals surface area contributed by atoms with Crippen LogP contribution in [0.25, 0.3) is 0 Å². The van der Waals surface area contributed by atoms with E-state index in [0.29, 0.717) is 16.5 Å². The van der Waals surface area contributed by atoms with Crippen LogP contribution in [0.15, 0.2) is 12.1 Å². The van der Waals surface area contributed by atoms with E-state index in [1.165, 1.54) is 14.2 Å². The largest absolute Gasteiger partial charge is 0.494 e. The predicted octanol–water partition coefficient (Wildman–Crippen LogP) is 2.84. The lowest BCUT2D eigenvalue weighted by molar-refractivity contribution is 0.187. The summed E-state index contributed by atoms with van der Waals surface area (Å²) in [5, 5.41) is 3.05. The Hall–Kier alpha value is -1.42. The molecular weight excluding hydrogens is 218 g/mol. The van der Waals surface area contributed by atoms with Crippen molar-refractivity contribution in [2.45, 2.75) is 6.92 Å². The maximum absolute atomic E-state index is 11.0. The van der Waals surface area contributed by atoms with Crippen LogP contribution in [-0.4, -0.2) is 20.3 Å². The van der Waals surface area contributed by atoms with Gasteiger partial charge in [0.2, 0.25) is 0 Å². The van der Waals surface area contributed by atoms with E-state index in [1.54, 1.807) is 12.1 Å². The molecule has 82 valence electrons. The predicted molar refractivity (Wildman–Crippen MR) is 58.8 cm³/mol. The molecule has 1 N–H and O–H groups in total. The van der Waals surface area contributed by atoms with Crippen LogP contribution in [0.1, 0.15) is 5.56 Å². The SMILES string of the molecule is COC(=O)Nc1cc(Cl)cc(C)c1OC. The van der Waals surface area contributed by atoms with Crippen molar-refractivity contribution in [1.29, 1.82) is 0 Å². The van der Waals surface area contributed by atoms with Gasteiger partial charge in [-0.1, -0.05) is 11.6 Å². The minimum Gasteiger partial charge on any atom is -0.494 e. The third kappa shape index (κ3) is 2.76. The number of carbonyl (C=O) groups excluding carboxylic acids is 1. The van der Waals surface area contributed by atoms with Crippen LogP contribution in [0.5, 0.6) is 5.75 Å². The first-order chi connectivity index (χ1) is 7.08. The van der Waals surface area contributed by atoms with Crippen molar-refractivity contribution in [3.8, 4) is 5.75 Å². The zero-order valence-corrected chi connectivity index (χ0v) is 9.51. The quantitative estimate of drug-likeness (QED) is 0.848. The minimum absolute atomic E-state index is 0.495. The van der Waals surface area contributed by atoms with Gasteiger partial charge < -0.3 is 9.47 Å². The maximum Gasteiger partial charge on any atom is 0.411 e. The molecule has 0 atom stereocenters. The highest BCUT2D eigenvalue weighted by Crippen LogP contribution is 2.31. The molecule has 0 radical (unpaired) electrons. The van der Waals surface area contributed by atoms with Gasteiger partial charge in [0.15, 0.2) is 0 Å². The fourth-order valence-corrected chi connectivity index (χ4v) is 1.53. The Bertz CT molecular complexity index is 379. The first-order valence-corrected chi connectivity index (χ1v) is 4.65. The van der Waals surface area contributed by atoms with Crippen molar-refractivity contribution < 1.29 is 14.3 Å². The van der Waals surface area contributed by atoms with Crippen molar-refractivity contribution in [1.82, 2.24) is 0 Å². The van der Waals surface area contributed by atoms with Crippen molar-refractivity contribution in [2.24, 2.45) is 0 Å². The number of benzene rings is 1. The molecule has 1 aromatic carbocycles. The number of hydrogen-bond acceptors (Lipinski definition) is 3. The van der Waals surface area contributed by atoms with E-state index < -0.39 is 6.09 Å². The molecule has 0 aliphatic heterocycles. The van der Waals surface area contributed by atoms with Gasteiger partial charge in [-0.15, -0.1) is 0 Å². The Kier molecular flexibility index (Phi) is 3.80. The van der Waals surface area contributed by atoms with Gasteiger partial charge in [0, 0.05) is 5.02 Å². The Morgan fingerprint density at radius 3 is 2.60 bits per heavy atom. The van der Waals surface area contributed by atoms with E-state index in [0.717, 1.165) is 5.56 Å². The molecule has 0 spiro atoms. The minimum atomic E-state index is -0.560. The number of methoxy groups -OCH3 is 2. The second-order valence-corrected chi connectivity index (χ2v) is 3.36. The van der Waals surface area contributed by atoms with E-state index in [1.807, 2.05) is 6.92 Å². The number of ether oxygens (including phenoxy) is 2. The highest BCUT2D eigenvalue weighted by atomic mass is 35.5. The summed E-state index contributed by atoms with van der Waals surface area (Å²) in [6.45, 7) is 1.84. The fourth-order valence-electron chi connectivity index (χ4n) is 1.25. The van der Waals surface area contributed by atoms with Crippen LogP contribution in [0.4, 0.5) is 10.5 Å². The van der Waals surface area contributed by atoms with Gasteiger partial charge in [0.05, 0.1) is 19.9 Å². The zero-order valence-electron chi connectivity index (χ0n) is 8.76. The lowest BCUT2D eigenvalue weighted by atomic mass is 10.2. The zero-order chi connectivity index (χ0) is 11.4. The van der Waals surface area contributed by atoms with E-state index in [4.69, 9.17) is 16.3 Å². The summed E-state index contributed by atoms with van der Waals surface area (Å²) in [5.41, 5.74) is 1.34. The van der Waals surface area contributed by atoms with Gasteiger partial charge in [-0.25, -0.2) is 4.79 Å². The van der Waals surface area contributed by atoms with E-state index >= 15 is 0 Å². The Balaban J connectivity index is 3.09. The number of carbonyl (C=O) groups is 1.